The van der Waals surface area contributed by atoms with Gasteiger partial charge < -0.3 is 18.6 Å². The van der Waals surface area contributed by atoms with Crippen molar-refractivity contribution in [2.75, 3.05) is 20.8 Å². The molecule has 0 bridgehead atoms. The first-order chi connectivity index (χ1) is 20.6. The molecule has 0 saturated carbocycles. The molecule has 1 atom stereocenters. The molecule has 0 fully saturated rings. The molecule has 0 radical (unpaired) electrons. The van der Waals surface area contributed by atoms with Gasteiger partial charge in [-0.15, -0.1) is 0 Å². The van der Waals surface area contributed by atoms with Crippen LogP contribution < -0.4 is 24.4 Å². The second kappa shape index (κ2) is 11.7. The molecular weight excluding hydrogens is 574 g/mol. The van der Waals surface area contributed by atoms with Crippen molar-refractivity contribution in [2.45, 2.75) is 33.7 Å². The number of carbonyl (C=O) groups is 1. The fourth-order valence-electron chi connectivity index (χ4n) is 5.03. The molecular formula is C31H29N3O8S. The molecule has 0 saturated heterocycles. The number of fused-ring (bicyclic) bond motifs is 1. The van der Waals surface area contributed by atoms with Gasteiger partial charge in [0.1, 0.15) is 29.1 Å². The molecule has 5 rings (SSSR count). The Balaban J connectivity index is 1.67. The highest BCUT2D eigenvalue weighted by Gasteiger charge is 2.35. The number of hydrogen-bond donors (Lipinski definition) is 0. The highest BCUT2D eigenvalue weighted by atomic mass is 32.1. The Morgan fingerprint density at radius 2 is 1.91 bits per heavy atom. The molecule has 0 spiro atoms. The zero-order valence-corrected chi connectivity index (χ0v) is 25.2. The normalized spacial score (nSPS) is 14.7. The van der Waals surface area contributed by atoms with E-state index >= 15 is 0 Å². The van der Waals surface area contributed by atoms with Crippen LogP contribution in [0.1, 0.15) is 42.3 Å². The Morgan fingerprint density at radius 3 is 2.58 bits per heavy atom. The van der Waals surface area contributed by atoms with Gasteiger partial charge in [-0.3, -0.25) is 19.5 Å². The van der Waals surface area contributed by atoms with E-state index in [4.69, 9.17) is 18.6 Å². The first-order valence-electron chi connectivity index (χ1n) is 13.3. The molecule has 3 heterocycles. The van der Waals surface area contributed by atoms with Crippen LogP contribution in [-0.4, -0.2) is 36.3 Å². The van der Waals surface area contributed by atoms with E-state index < -0.39 is 22.5 Å². The maximum Gasteiger partial charge on any atom is 0.338 e. The third kappa shape index (κ3) is 5.37. The summed E-state index contributed by atoms with van der Waals surface area (Å²) >= 11 is 1.15. The van der Waals surface area contributed by atoms with Crippen molar-refractivity contribution >= 4 is 29.1 Å². The summed E-state index contributed by atoms with van der Waals surface area (Å²) in [5.74, 6) is 1.18. The number of ether oxygens (including phenoxy) is 3. The van der Waals surface area contributed by atoms with Crippen LogP contribution in [0.15, 0.2) is 67.9 Å². The maximum absolute atomic E-state index is 14.0. The van der Waals surface area contributed by atoms with Crippen molar-refractivity contribution in [2.24, 2.45) is 4.99 Å². The fraction of sp³-hybridized carbons (Fsp3) is 0.258. The number of aromatic nitrogens is 1. The number of hydrogen-bond acceptors (Lipinski definition) is 10. The summed E-state index contributed by atoms with van der Waals surface area (Å²) in [6.45, 7) is 7.06. The van der Waals surface area contributed by atoms with E-state index in [0.29, 0.717) is 54.7 Å². The van der Waals surface area contributed by atoms with Crippen molar-refractivity contribution in [3.05, 3.63) is 106 Å². The predicted octanol–water partition coefficient (Wildman–Crippen LogP) is 4.60. The Labute approximate surface area is 250 Å². The van der Waals surface area contributed by atoms with Gasteiger partial charge in [0.15, 0.2) is 4.80 Å². The first kappa shape index (κ1) is 29.5. The minimum atomic E-state index is -0.897. The van der Waals surface area contributed by atoms with Gasteiger partial charge in [0, 0.05) is 28.8 Å². The molecule has 2 aromatic carbocycles. The molecule has 12 heteroatoms. The third-order valence-electron chi connectivity index (χ3n) is 7.27. The molecule has 0 aliphatic carbocycles. The number of esters is 1. The SMILES string of the molecule is CCOC(=O)C1=C(C)N=c2s/c(=C\c3ccc(-c4cc(C)c(C)c([N+](=O)[O-])c4)o3)c(=O)n2[C@H]1c1cc(OC)ccc1OC. The molecule has 222 valence electrons. The van der Waals surface area contributed by atoms with Gasteiger partial charge in [0.25, 0.3) is 11.2 Å². The second-order valence-corrected chi connectivity index (χ2v) is 10.8. The van der Waals surface area contributed by atoms with Crippen LogP contribution in [0.3, 0.4) is 0 Å². The summed E-state index contributed by atoms with van der Waals surface area (Å²) < 4.78 is 24.2. The van der Waals surface area contributed by atoms with Crippen molar-refractivity contribution in [1.29, 1.82) is 0 Å². The lowest BCUT2D eigenvalue weighted by atomic mass is 9.95. The van der Waals surface area contributed by atoms with Gasteiger partial charge in [-0.05, 0) is 69.7 Å². The van der Waals surface area contributed by atoms with E-state index in [1.165, 1.54) is 24.9 Å². The summed E-state index contributed by atoms with van der Waals surface area (Å²) in [5, 5.41) is 11.5. The third-order valence-corrected chi connectivity index (χ3v) is 8.25. The lowest BCUT2D eigenvalue weighted by Crippen LogP contribution is -2.40. The molecule has 1 aliphatic rings. The molecule has 0 amide bonds. The smallest absolute Gasteiger partial charge is 0.338 e. The van der Waals surface area contributed by atoms with E-state index in [1.807, 2.05) is 6.07 Å². The topological polar surface area (TPSA) is 135 Å². The van der Waals surface area contributed by atoms with Gasteiger partial charge >= 0.3 is 5.97 Å². The van der Waals surface area contributed by atoms with Crippen LogP contribution >= 0.6 is 11.3 Å². The van der Waals surface area contributed by atoms with E-state index in [9.17, 15) is 19.7 Å². The van der Waals surface area contributed by atoms with Crippen LogP contribution in [0, 0.1) is 24.0 Å². The molecule has 0 unspecified atom stereocenters. The Hall–Kier alpha value is -4.97. The number of thiazole rings is 1. The molecule has 43 heavy (non-hydrogen) atoms. The second-order valence-electron chi connectivity index (χ2n) is 9.81. The van der Waals surface area contributed by atoms with Crippen LogP contribution in [0.5, 0.6) is 11.5 Å². The Bertz CT molecular complexity index is 1980. The van der Waals surface area contributed by atoms with Gasteiger partial charge in [-0.1, -0.05) is 11.3 Å². The van der Waals surface area contributed by atoms with Crippen LogP contribution in [0.4, 0.5) is 5.69 Å². The summed E-state index contributed by atoms with van der Waals surface area (Å²) in [4.78, 5) is 43.3. The zero-order valence-electron chi connectivity index (χ0n) is 24.4. The van der Waals surface area contributed by atoms with Crippen LogP contribution in [0.25, 0.3) is 17.4 Å². The predicted molar refractivity (Wildman–Crippen MR) is 160 cm³/mol. The number of nitrogens with zero attached hydrogens (tertiary/aromatic N) is 3. The Morgan fingerprint density at radius 1 is 1.14 bits per heavy atom. The minimum absolute atomic E-state index is 0.00186. The number of methoxy groups -OCH3 is 2. The van der Waals surface area contributed by atoms with Crippen molar-refractivity contribution in [3.63, 3.8) is 0 Å². The monoisotopic (exact) mass is 603 g/mol. The van der Waals surface area contributed by atoms with Gasteiger partial charge in [0.05, 0.1) is 41.6 Å². The summed E-state index contributed by atoms with van der Waals surface area (Å²) in [6, 6.07) is 10.9. The fourth-order valence-corrected chi connectivity index (χ4v) is 6.05. The number of allylic oxidation sites excluding steroid dienone is 1. The minimum Gasteiger partial charge on any atom is -0.497 e. The average molecular weight is 604 g/mol. The van der Waals surface area contributed by atoms with Gasteiger partial charge in [0.2, 0.25) is 0 Å². The molecule has 0 N–H and O–H groups in total. The molecule has 4 aromatic rings. The van der Waals surface area contributed by atoms with E-state index in [2.05, 4.69) is 4.99 Å². The number of benzene rings is 2. The highest BCUT2D eigenvalue weighted by Crippen LogP contribution is 2.38. The summed E-state index contributed by atoms with van der Waals surface area (Å²) in [5.41, 5.74) is 2.66. The van der Waals surface area contributed by atoms with Crippen LogP contribution in [-0.2, 0) is 9.53 Å². The first-order valence-corrected chi connectivity index (χ1v) is 14.2. The summed E-state index contributed by atoms with van der Waals surface area (Å²) in [7, 11) is 3.03. The van der Waals surface area contributed by atoms with Crippen molar-refractivity contribution in [3.8, 4) is 22.8 Å². The largest absolute Gasteiger partial charge is 0.497 e. The van der Waals surface area contributed by atoms with Gasteiger partial charge in [-0.25, -0.2) is 9.79 Å². The summed E-state index contributed by atoms with van der Waals surface area (Å²) in [6.07, 6.45) is 1.59. The zero-order chi connectivity index (χ0) is 31.0. The Kier molecular flexibility index (Phi) is 8.05. The van der Waals surface area contributed by atoms with E-state index in [-0.39, 0.29) is 17.9 Å². The van der Waals surface area contributed by atoms with E-state index in [1.54, 1.807) is 64.1 Å². The molecule has 1 aliphatic heterocycles. The maximum atomic E-state index is 14.0. The number of nitro benzene ring substituents is 1. The number of furan rings is 1. The standard InChI is InChI=1S/C31H29N3O8S/c1-7-41-30(36)27-18(4)32-31-33(28(27)22-14-20(39-5)8-11-25(22)40-6)29(35)26(43-31)15-21-9-10-24(42-21)19-12-16(2)17(3)23(13-19)34(37)38/h8-15,28H,7H2,1-6H3/b26-15-/t28-/m0/s1. The lowest BCUT2D eigenvalue weighted by molar-refractivity contribution is -0.385. The van der Waals surface area contributed by atoms with E-state index in [0.717, 1.165) is 16.9 Å². The van der Waals surface area contributed by atoms with Crippen molar-refractivity contribution in [1.82, 2.24) is 4.57 Å². The number of rotatable bonds is 8. The molecule has 2 aromatic heterocycles. The van der Waals surface area contributed by atoms with Crippen LogP contribution in [0.2, 0.25) is 0 Å². The lowest BCUT2D eigenvalue weighted by Gasteiger charge is -2.26. The highest BCUT2D eigenvalue weighted by molar-refractivity contribution is 7.07. The quantitative estimate of drug-likeness (QED) is 0.162. The average Bonchev–Trinajstić information content (AvgIpc) is 3.57. The number of nitro groups is 1. The molecule has 11 nitrogen and oxygen atoms in total. The van der Waals surface area contributed by atoms with Gasteiger partial charge in [-0.2, -0.15) is 0 Å². The number of aryl methyl sites for hydroxylation is 1. The van der Waals surface area contributed by atoms with Crippen molar-refractivity contribution < 1.29 is 28.3 Å². The number of carbonyl (C=O) groups excluding carboxylic acids is 1.